The van der Waals surface area contributed by atoms with Crippen LogP contribution in [0.3, 0.4) is 0 Å². The van der Waals surface area contributed by atoms with Crippen molar-refractivity contribution in [3.8, 4) is 10.6 Å². The van der Waals surface area contributed by atoms with Gasteiger partial charge in [-0.05, 0) is 56.0 Å². The van der Waals surface area contributed by atoms with E-state index in [1.54, 1.807) is 35.7 Å². The van der Waals surface area contributed by atoms with Crippen molar-refractivity contribution in [1.29, 1.82) is 0 Å². The van der Waals surface area contributed by atoms with Gasteiger partial charge in [-0.1, -0.05) is 12.1 Å². The fourth-order valence-electron chi connectivity index (χ4n) is 4.87. The van der Waals surface area contributed by atoms with Crippen LogP contribution in [0.1, 0.15) is 37.4 Å². The summed E-state index contributed by atoms with van der Waals surface area (Å²) in [7, 11) is 0. The van der Waals surface area contributed by atoms with Crippen LogP contribution in [0.5, 0.6) is 0 Å². The molecule has 2 aromatic carbocycles. The number of benzene rings is 2. The summed E-state index contributed by atoms with van der Waals surface area (Å²) in [4.78, 5) is 26.7. The van der Waals surface area contributed by atoms with Gasteiger partial charge in [0.25, 0.3) is 0 Å². The molecule has 162 valence electrons. The molecule has 1 amide bonds. The number of H-pyrrole nitrogens is 1. The first-order valence-corrected chi connectivity index (χ1v) is 11.6. The van der Waals surface area contributed by atoms with Gasteiger partial charge in [0, 0.05) is 23.1 Å². The highest BCUT2D eigenvalue weighted by Crippen LogP contribution is 2.44. The van der Waals surface area contributed by atoms with Gasteiger partial charge in [-0.3, -0.25) is 4.90 Å². The quantitative estimate of drug-likeness (QED) is 0.425. The summed E-state index contributed by atoms with van der Waals surface area (Å²) >= 11 is 1.61. The molecule has 4 aromatic rings. The van der Waals surface area contributed by atoms with Crippen molar-refractivity contribution in [2.75, 3.05) is 11.4 Å². The maximum Gasteiger partial charge on any atom is 0.415 e. The van der Waals surface area contributed by atoms with E-state index in [1.165, 1.54) is 11.0 Å². The molecule has 0 unspecified atom stereocenters. The molecule has 6 rings (SSSR count). The van der Waals surface area contributed by atoms with Gasteiger partial charge in [0.05, 0.1) is 23.3 Å². The first-order chi connectivity index (χ1) is 15.6. The van der Waals surface area contributed by atoms with Gasteiger partial charge in [0.2, 0.25) is 0 Å². The number of aromatic nitrogens is 3. The van der Waals surface area contributed by atoms with Crippen LogP contribution in [-0.4, -0.2) is 33.2 Å². The van der Waals surface area contributed by atoms with E-state index in [2.05, 4.69) is 28.2 Å². The Kier molecular flexibility index (Phi) is 4.50. The Morgan fingerprint density at radius 2 is 2.03 bits per heavy atom. The van der Waals surface area contributed by atoms with Gasteiger partial charge in [-0.2, -0.15) is 0 Å². The monoisotopic (exact) mass is 448 g/mol. The number of hydrogen-bond acceptors (Lipinski definition) is 5. The van der Waals surface area contributed by atoms with Crippen molar-refractivity contribution in [3.05, 3.63) is 65.7 Å². The number of fused-ring (bicyclic) bond motifs is 1. The Labute approximate surface area is 188 Å². The van der Waals surface area contributed by atoms with Gasteiger partial charge in [-0.25, -0.2) is 19.2 Å². The number of imidazole rings is 1. The summed E-state index contributed by atoms with van der Waals surface area (Å²) in [5.41, 5.74) is 2.74. The second-order valence-electron chi connectivity index (χ2n) is 8.55. The average molecular weight is 449 g/mol. The molecule has 0 bridgehead atoms. The average Bonchev–Trinajstić information content (AvgIpc) is 3.53. The fraction of sp³-hybridized carbons (Fsp3) is 0.292. The van der Waals surface area contributed by atoms with Crippen LogP contribution in [-0.2, 0) is 4.74 Å². The third kappa shape index (κ3) is 3.26. The number of nitrogens with one attached hydrogen (secondary N) is 1. The predicted octanol–water partition coefficient (Wildman–Crippen LogP) is 5.88. The highest BCUT2D eigenvalue weighted by Gasteiger charge is 2.48. The smallest absolute Gasteiger partial charge is 0.415 e. The molecule has 1 aliphatic heterocycles. The second-order valence-corrected chi connectivity index (χ2v) is 9.45. The lowest BCUT2D eigenvalue weighted by Gasteiger charge is -2.34. The second kappa shape index (κ2) is 7.41. The molecule has 2 aliphatic rings. The summed E-state index contributed by atoms with van der Waals surface area (Å²) < 4.78 is 20.0. The fourth-order valence-corrected chi connectivity index (χ4v) is 5.51. The van der Waals surface area contributed by atoms with Crippen molar-refractivity contribution in [2.45, 2.75) is 37.2 Å². The molecule has 1 saturated carbocycles. The first kappa shape index (κ1) is 19.4. The number of carbonyl (C=O) groups is 1. The van der Waals surface area contributed by atoms with Crippen molar-refractivity contribution in [3.63, 3.8) is 0 Å². The lowest BCUT2D eigenvalue weighted by atomic mass is 9.78. The van der Waals surface area contributed by atoms with Crippen LogP contribution < -0.4 is 4.90 Å². The third-order valence-corrected chi connectivity index (χ3v) is 7.40. The maximum atomic E-state index is 14.2. The number of ether oxygens (including phenoxy) is 1. The first-order valence-electron chi connectivity index (χ1n) is 10.7. The minimum atomic E-state index is -0.556. The number of nitrogens with zero attached hydrogens (tertiary/aromatic N) is 3. The minimum absolute atomic E-state index is 0.276. The van der Waals surface area contributed by atoms with Crippen molar-refractivity contribution < 1.29 is 13.9 Å². The lowest BCUT2D eigenvalue weighted by Crippen LogP contribution is -2.38. The van der Waals surface area contributed by atoms with Crippen LogP contribution >= 0.6 is 11.3 Å². The highest BCUT2D eigenvalue weighted by atomic mass is 32.1. The van der Waals surface area contributed by atoms with Gasteiger partial charge < -0.3 is 9.72 Å². The van der Waals surface area contributed by atoms with E-state index in [0.717, 1.165) is 53.1 Å². The number of para-hydroxylation sites is 1. The Balaban J connectivity index is 1.19. The number of hydrogen-bond donors (Lipinski definition) is 1. The summed E-state index contributed by atoms with van der Waals surface area (Å²) in [5.74, 6) is 0.841. The Hall–Kier alpha value is -3.26. The minimum Gasteiger partial charge on any atom is -0.441 e. The number of carbonyl (C=O) groups excluding carboxylic acids is 1. The number of halogens is 1. The molecule has 32 heavy (non-hydrogen) atoms. The SMILES string of the molecule is O=C1OC2(CCC(c3nc4cc(-c5nccs5)ccc4[nH]3)CC2)CN1c1ccccc1F. The van der Waals surface area contributed by atoms with Crippen LogP contribution in [0.4, 0.5) is 14.9 Å². The Bertz CT molecular complexity index is 1290. The molecule has 1 saturated heterocycles. The van der Waals surface area contributed by atoms with E-state index in [9.17, 15) is 9.18 Å². The van der Waals surface area contributed by atoms with Gasteiger partial charge >= 0.3 is 6.09 Å². The summed E-state index contributed by atoms with van der Waals surface area (Å²) in [6.07, 6.45) is 4.52. The summed E-state index contributed by atoms with van der Waals surface area (Å²) in [6, 6.07) is 12.5. The van der Waals surface area contributed by atoms with Crippen LogP contribution in [0, 0.1) is 5.82 Å². The van der Waals surface area contributed by atoms with Crippen LogP contribution in [0.2, 0.25) is 0 Å². The Morgan fingerprint density at radius 1 is 1.19 bits per heavy atom. The molecule has 1 aliphatic carbocycles. The van der Waals surface area contributed by atoms with E-state index in [0.29, 0.717) is 6.54 Å². The van der Waals surface area contributed by atoms with Gasteiger partial charge in [-0.15, -0.1) is 11.3 Å². The molecule has 0 radical (unpaired) electrons. The molecular weight excluding hydrogens is 427 g/mol. The topological polar surface area (TPSA) is 71.1 Å². The van der Waals surface area contributed by atoms with Crippen molar-refractivity contribution >= 4 is 34.2 Å². The molecule has 3 heterocycles. The van der Waals surface area contributed by atoms with Gasteiger partial charge in [0.1, 0.15) is 22.3 Å². The van der Waals surface area contributed by atoms with E-state index in [-0.39, 0.29) is 11.6 Å². The summed E-state index contributed by atoms with van der Waals surface area (Å²) in [6.45, 7) is 0.386. The zero-order chi connectivity index (χ0) is 21.7. The molecule has 6 nitrogen and oxygen atoms in total. The molecule has 8 heteroatoms. The van der Waals surface area contributed by atoms with Crippen LogP contribution in [0.25, 0.3) is 21.6 Å². The lowest BCUT2D eigenvalue weighted by molar-refractivity contribution is 0.0208. The molecule has 0 atom stereocenters. The molecular formula is C24H21FN4O2S. The highest BCUT2D eigenvalue weighted by molar-refractivity contribution is 7.13. The summed E-state index contributed by atoms with van der Waals surface area (Å²) in [5, 5.41) is 2.95. The number of anilines is 1. The predicted molar refractivity (Wildman–Crippen MR) is 121 cm³/mol. The zero-order valence-electron chi connectivity index (χ0n) is 17.3. The normalized spacial score (nSPS) is 23.2. The van der Waals surface area contributed by atoms with E-state index < -0.39 is 17.5 Å². The number of amides is 1. The van der Waals surface area contributed by atoms with Crippen molar-refractivity contribution in [1.82, 2.24) is 15.0 Å². The number of rotatable bonds is 3. The molecule has 1 spiro atoms. The third-order valence-electron chi connectivity index (χ3n) is 6.58. The number of aromatic amines is 1. The largest absolute Gasteiger partial charge is 0.441 e. The van der Waals surface area contributed by atoms with Crippen molar-refractivity contribution in [2.24, 2.45) is 0 Å². The van der Waals surface area contributed by atoms with Gasteiger partial charge in [0.15, 0.2) is 0 Å². The van der Waals surface area contributed by atoms with Crippen LogP contribution in [0.15, 0.2) is 54.0 Å². The molecule has 1 N–H and O–H groups in total. The standard InChI is InChI=1S/C24H21FN4O2S/c25-17-3-1-2-4-20(17)29-14-24(31-23(29)30)9-7-15(8-10-24)21-27-18-6-5-16(13-19(18)28-21)22-26-11-12-32-22/h1-6,11-13,15H,7-10,14H2,(H,27,28). The van der Waals surface area contributed by atoms with E-state index in [4.69, 9.17) is 9.72 Å². The number of thiazole rings is 1. The molecule has 2 fully saturated rings. The Morgan fingerprint density at radius 3 is 2.81 bits per heavy atom. The maximum absolute atomic E-state index is 14.2. The van der Waals surface area contributed by atoms with E-state index >= 15 is 0 Å². The van der Waals surface area contributed by atoms with E-state index in [1.807, 2.05) is 5.38 Å². The zero-order valence-corrected chi connectivity index (χ0v) is 18.1. The molecule has 2 aromatic heterocycles.